The largest absolute Gasteiger partial charge is 0.392 e. The fourth-order valence-corrected chi connectivity index (χ4v) is 6.83. The average molecular weight is 536 g/mol. The number of carbonyl (C=O) groups is 1. The second-order valence-electron chi connectivity index (χ2n) is 11.1. The summed E-state index contributed by atoms with van der Waals surface area (Å²) < 4.78 is 57.9. The number of aliphatic imine (C=N–C) groups is 1. The standard InChI is InChI=1S/C31H29F4N3O/c1-30-16-20-17-37-38(23-10-8-22(32)9-11-23)28(20)15-21(30)7-12-24-25(27(31(33,34)35)14-13-26(24)30)18-36-29(39)19-5-3-2-4-6-19/h3,5-6,8-11,13,15,17-18,24-25,27H,2,4,7,12,14,16H2,1H3/t24?,25?,27-,30+/m1/s1. The van der Waals surface area contributed by atoms with Crippen molar-refractivity contribution in [1.29, 1.82) is 0 Å². The van der Waals surface area contributed by atoms with Crippen molar-refractivity contribution in [2.24, 2.45) is 28.2 Å². The highest BCUT2D eigenvalue weighted by Gasteiger charge is 2.53. The molecular formula is C31H29F4N3O. The number of amides is 1. The highest BCUT2D eigenvalue weighted by atomic mass is 19.4. The molecule has 0 spiro atoms. The van der Waals surface area contributed by atoms with Gasteiger partial charge in [-0.25, -0.2) is 14.1 Å². The van der Waals surface area contributed by atoms with E-state index >= 15 is 0 Å². The van der Waals surface area contributed by atoms with Gasteiger partial charge < -0.3 is 0 Å². The summed E-state index contributed by atoms with van der Waals surface area (Å²) in [5, 5.41) is 4.56. The first-order valence-corrected chi connectivity index (χ1v) is 13.4. The Bertz CT molecular complexity index is 1460. The Balaban J connectivity index is 1.33. The second-order valence-corrected chi connectivity index (χ2v) is 11.1. The minimum absolute atomic E-state index is 0.132. The van der Waals surface area contributed by atoms with Gasteiger partial charge in [0.25, 0.3) is 5.91 Å². The van der Waals surface area contributed by atoms with Gasteiger partial charge in [0.1, 0.15) is 5.82 Å². The van der Waals surface area contributed by atoms with Crippen LogP contribution in [-0.4, -0.2) is 28.1 Å². The van der Waals surface area contributed by atoms with Crippen molar-refractivity contribution in [3.63, 3.8) is 0 Å². The molecule has 1 aromatic carbocycles. The van der Waals surface area contributed by atoms with Crippen LogP contribution in [0.3, 0.4) is 0 Å². The Morgan fingerprint density at radius 2 is 1.97 bits per heavy atom. The lowest BCUT2D eigenvalue weighted by Gasteiger charge is -2.50. The number of halogens is 4. The van der Waals surface area contributed by atoms with Crippen LogP contribution < -0.4 is 0 Å². The highest BCUT2D eigenvalue weighted by molar-refractivity contribution is 6.01. The van der Waals surface area contributed by atoms with E-state index < -0.39 is 29.3 Å². The maximum absolute atomic E-state index is 14.2. The van der Waals surface area contributed by atoms with Crippen molar-refractivity contribution in [2.45, 2.75) is 51.6 Å². The molecule has 4 nitrogen and oxygen atoms in total. The highest BCUT2D eigenvalue weighted by Crippen LogP contribution is 2.58. The van der Waals surface area contributed by atoms with Crippen molar-refractivity contribution < 1.29 is 22.4 Å². The van der Waals surface area contributed by atoms with E-state index in [1.807, 2.05) is 6.08 Å². The van der Waals surface area contributed by atoms with Crippen LogP contribution in [0, 0.1) is 29.0 Å². The molecule has 0 radical (unpaired) electrons. The van der Waals surface area contributed by atoms with Gasteiger partial charge in [0.15, 0.2) is 0 Å². The molecule has 0 bridgehead atoms. The van der Waals surface area contributed by atoms with Gasteiger partial charge in [-0.15, -0.1) is 0 Å². The summed E-state index contributed by atoms with van der Waals surface area (Å²) in [6, 6.07) is 6.15. The molecule has 2 unspecified atom stereocenters. The van der Waals surface area contributed by atoms with Crippen molar-refractivity contribution >= 4 is 18.2 Å². The third-order valence-electron chi connectivity index (χ3n) is 8.83. The molecule has 39 heavy (non-hydrogen) atoms. The predicted octanol–water partition coefficient (Wildman–Crippen LogP) is 7.37. The molecular weight excluding hydrogens is 506 g/mol. The molecule has 2 aromatic rings. The molecule has 6 rings (SSSR count). The van der Waals surface area contributed by atoms with Crippen LogP contribution >= 0.6 is 0 Å². The van der Waals surface area contributed by atoms with Crippen molar-refractivity contribution in [1.82, 2.24) is 9.78 Å². The van der Waals surface area contributed by atoms with Crippen LogP contribution in [0.5, 0.6) is 0 Å². The number of fused-ring (bicyclic) bond motifs is 4. The molecule has 0 aliphatic heterocycles. The third kappa shape index (κ3) is 4.53. The van der Waals surface area contributed by atoms with E-state index in [0.717, 1.165) is 40.9 Å². The van der Waals surface area contributed by atoms with E-state index in [0.29, 0.717) is 24.8 Å². The SMILES string of the molecule is C[C@]12Cc3cnn(-c4ccc(F)cc4)c3C=C1CCC1C2=CC[C@@H](C(F)(F)F)C1C=NC(=O)C1=CCCC=C1. The third-order valence-corrected chi connectivity index (χ3v) is 8.83. The fraction of sp³-hybridized carbons (Fsp3) is 0.387. The van der Waals surface area contributed by atoms with E-state index in [1.54, 1.807) is 41.2 Å². The van der Waals surface area contributed by atoms with E-state index in [2.05, 4.69) is 23.1 Å². The number of nitrogens with zero attached hydrogens (tertiary/aromatic N) is 3. The molecule has 0 saturated heterocycles. The predicted molar refractivity (Wildman–Crippen MR) is 142 cm³/mol. The van der Waals surface area contributed by atoms with Gasteiger partial charge in [-0.05, 0) is 80.3 Å². The Labute approximate surface area is 224 Å². The number of hydrogen-bond donors (Lipinski definition) is 0. The summed E-state index contributed by atoms with van der Waals surface area (Å²) in [5.41, 5.74) is 4.84. The van der Waals surface area contributed by atoms with E-state index in [4.69, 9.17) is 0 Å². The molecule has 1 amide bonds. The van der Waals surface area contributed by atoms with Gasteiger partial charge in [0.05, 0.1) is 23.5 Å². The molecule has 4 aliphatic rings. The van der Waals surface area contributed by atoms with E-state index in [9.17, 15) is 22.4 Å². The van der Waals surface area contributed by atoms with E-state index in [-0.39, 0.29) is 18.2 Å². The lowest BCUT2D eigenvalue weighted by atomic mass is 9.54. The first kappa shape index (κ1) is 25.7. The fourth-order valence-electron chi connectivity index (χ4n) is 6.83. The number of hydrogen-bond acceptors (Lipinski definition) is 2. The van der Waals surface area contributed by atoms with E-state index in [1.165, 1.54) is 18.3 Å². The topological polar surface area (TPSA) is 47.2 Å². The van der Waals surface area contributed by atoms with Gasteiger partial charge >= 0.3 is 6.18 Å². The monoisotopic (exact) mass is 535 g/mol. The minimum atomic E-state index is -4.39. The normalized spacial score (nSPS) is 28.2. The average Bonchev–Trinajstić information content (AvgIpc) is 3.32. The molecule has 1 fully saturated rings. The Morgan fingerprint density at radius 1 is 1.18 bits per heavy atom. The van der Waals surface area contributed by atoms with Crippen molar-refractivity contribution in [2.75, 3.05) is 0 Å². The summed E-state index contributed by atoms with van der Waals surface area (Å²) in [5.74, 6) is -3.64. The number of rotatable bonds is 3. The summed E-state index contributed by atoms with van der Waals surface area (Å²) in [6.45, 7) is 2.11. The maximum atomic E-state index is 14.2. The minimum Gasteiger partial charge on any atom is -0.267 e. The Hall–Kier alpha value is -3.55. The summed E-state index contributed by atoms with van der Waals surface area (Å²) >= 11 is 0. The van der Waals surface area contributed by atoms with Crippen LogP contribution in [0.15, 0.2) is 76.5 Å². The van der Waals surface area contributed by atoms with Crippen molar-refractivity contribution in [3.05, 3.63) is 88.6 Å². The van der Waals surface area contributed by atoms with Crippen LogP contribution in [0.2, 0.25) is 0 Å². The zero-order chi connectivity index (χ0) is 27.4. The van der Waals surface area contributed by atoms with Crippen LogP contribution in [0.1, 0.15) is 50.3 Å². The number of benzene rings is 1. The zero-order valence-electron chi connectivity index (χ0n) is 21.6. The van der Waals surface area contributed by atoms with Crippen LogP contribution in [0.25, 0.3) is 11.8 Å². The molecule has 8 heteroatoms. The molecule has 202 valence electrons. The van der Waals surface area contributed by atoms with Crippen LogP contribution in [0.4, 0.5) is 17.6 Å². The maximum Gasteiger partial charge on any atom is 0.392 e. The van der Waals surface area contributed by atoms with Gasteiger partial charge in [-0.2, -0.15) is 18.3 Å². The van der Waals surface area contributed by atoms with Crippen molar-refractivity contribution in [3.8, 4) is 5.69 Å². The number of aromatic nitrogens is 2. The molecule has 1 aromatic heterocycles. The summed E-state index contributed by atoms with van der Waals surface area (Å²) in [7, 11) is 0. The number of allylic oxidation sites excluding steroid dienone is 5. The van der Waals surface area contributed by atoms with Gasteiger partial charge in [-0.3, -0.25) is 4.79 Å². The lowest BCUT2D eigenvalue weighted by Crippen LogP contribution is -2.45. The van der Waals surface area contributed by atoms with Gasteiger partial charge in [-0.1, -0.05) is 42.4 Å². The Kier molecular flexibility index (Phi) is 6.31. The first-order chi connectivity index (χ1) is 18.6. The number of carbonyl (C=O) groups excluding carboxylic acids is 1. The lowest BCUT2D eigenvalue weighted by molar-refractivity contribution is -0.187. The van der Waals surface area contributed by atoms with Gasteiger partial charge in [0, 0.05) is 23.1 Å². The molecule has 4 atom stereocenters. The van der Waals surface area contributed by atoms with Crippen LogP contribution in [-0.2, 0) is 11.2 Å². The van der Waals surface area contributed by atoms with Gasteiger partial charge in [0.2, 0.25) is 0 Å². The molecule has 4 aliphatic carbocycles. The summed E-state index contributed by atoms with van der Waals surface area (Å²) in [6.07, 6.45) is 11.2. The second kappa shape index (κ2) is 9.57. The quantitative estimate of drug-likeness (QED) is 0.234. The number of alkyl halides is 3. The Morgan fingerprint density at radius 3 is 2.69 bits per heavy atom. The molecule has 1 saturated carbocycles. The smallest absolute Gasteiger partial charge is 0.267 e. The molecule has 1 heterocycles. The first-order valence-electron chi connectivity index (χ1n) is 13.4. The summed E-state index contributed by atoms with van der Waals surface area (Å²) in [4.78, 5) is 16.7. The zero-order valence-corrected chi connectivity index (χ0v) is 21.6. The molecule has 0 N–H and O–H groups in total.